The monoisotopic (exact) mass is 412 g/mol. The topological polar surface area (TPSA) is 66.0 Å². The number of nitrogens with zero attached hydrogens (tertiary/aromatic N) is 5. The molecule has 8 nitrogen and oxygen atoms in total. The molecule has 4 rings (SSSR count). The molecule has 0 spiro atoms. The number of rotatable bonds is 8. The van der Waals surface area contributed by atoms with Gasteiger partial charge >= 0.3 is 0 Å². The van der Waals surface area contributed by atoms with Gasteiger partial charge in [-0.2, -0.15) is 0 Å². The third-order valence-corrected chi connectivity index (χ3v) is 5.55. The van der Waals surface area contributed by atoms with Crippen LogP contribution < -0.4 is 19.7 Å². The fraction of sp³-hybridized carbons (Fsp3) is 0.545. The van der Waals surface area contributed by atoms with Gasteiger partial charge in [-0.25, -0.2) is 9.97 Å². The minimum Gasteiger partial charge on any atom is -0.490 e. The summed E-state index contributed by atoms with van der Waals surface area (Å²) >= 11 is 0. The zero-order valence-electron chi connectivity index (χ0n) is 17.8. The van der Waals surface area contributed by atoms with Crippen LogP contribution in [0.2, 0.25) is 0 Å². The molecule has 162 valence electrons. The molecule has 1 aromatic carbocycles. The van der Waals surface area contributed by atoms with Crippen LogP contribution in [0.15, 0.2) is 36.7 Å². The molecule has 0 bridgehead atoms. The van der Waals surface area contributed by atoms with E-state index in [2.05, 4.69) is 55.2 Å². The summed E-state index contributed by atoms with van der Waals surface area (Å²) in [5, 5.41) is 3.35. The predicted molar refractivity (Wildman–Crippen MR) is 117 cm³/mol. The first kappa shape index (κ1) is 20.8. The maximum atomic E-state index is 5.94. The second kappa shape index (κ2) is 10.6. The van der Waals surface area contributed by atoms with Gasteiger partial charge in [-0.1, -0.05) is 12.1 Å². The lowest BCUT2D eigenvalue weighted by Gasteiger charge is -2.32. The van der Waals surface area contributed by atoms with Crippen molar-refractivity contribution in [2.24, 2.45) is 0 Å². The molecule has 0 saturated carbocycles. The number of ether oxygens (including phenoxy) is 2. The Balaban J connectivity index is 1.25. The molecule has 0 atom stereocenters. The van der Waals surface area contributed by atoms with Crippen molar-refractivity contribution in [2.45, 2.75) is 6.54 Å². The fourth-order valence-electron chi connectivity index (χ4n) is 3.81. The third-order valence-electron chi connectivity index (χ3n) is 5.55. The molecule has 0 unspecified atom stereocenters. The normalized spacial score (nSPS) is 18.4. The standard InChI is InChI=1S/C22H32N6O2/c1-26-11-13-27(14-12-26)18-19-3-2-4-20(17-19)29-15-16-30-22-21(24-5-6-25-22)28-9-7-23-8-10-28/h2-6,17,23H,7-16,18H2,1H3. The van der Waals surface area contributed by atoms with Gasteiger partial charge in [0.05, 0.1) is 0 Å². The predicted octanol–water partition coefficient (Wildman–Crippen LogP) is 1.09. The fourth-order valence-corrected chi connectivity index (χ4v) is 3.81. The van der Waals surface area contributed by atoms with E-state index in [4.69, 9.17) is 9.47 Å². The van der Waals surface area contributed by atoms with E-state index in [0.717, 1.165) is 70.5 Å². The number of hydrogen-bond donors (Lipinski definition) is 1. The number of piperazine rings is 2. The van der Waals surface area contributed by atoms with E-state index in [1.807, 2.05) is 6.07 Å². The SMILES string of the molecule is CN1CCN(Cc2cccc(OCCOc3nccnc3N3CCNCC3)c2)CC1. The van der Waals surface area contributed by atoms with E-state index in [-0.39, 0.29) is 0 Å². The number of hydrogen-bond acceptors (Lipinski definition) is 8. The summed E-state index contributed by atoms with van der Waals surface area (Å²) in [5.74, 6) is 2.27. The minimum absolute atomic E-state index is 0.431. The molecule has 3 heterocycles. The van der Waals surface area contributed by atoms with Gasteiger partial charge in [-0.05, 0) is 24.7 Å². The Morgan fingerprint density at radius 1 is 0.933 bits per heavy atom. The van der Waals surface area contributed by atoms with Crippen LogP contribution in [0.5, 0.6) is 11.6 Å². The van der Waals surface area contributed by atoms with Crippen molar-refractivity contribution in [1.29, 1.82) is 0 Å². The number of likely N-dealkylation sites (N-methyl/N-ethyl adjacent to an activating group) is 1. The highest BCUT2D eigenvalue weighted by molar-refractivity contribution is 5.48. The molecule has 2 aliphatic heterocycles. The second-order valence-electron chi connectivity index (χ2n) is 7.85. The second-order valence-corrected chi connectivity index (χ2v) is 7.85. The Labute approximate surface area is 178 Å². The van der Waals surface area contributed by atoms with Crippen LogP contribution in [0.1, 0.15) is 5.56 Å². The highest BCUT2D eigenvalue weighted by Gasteiger charge is 2.17. The number of benzene rings is 1. The lowest BCUT2D eigenvalue weighted by Crippen LogP contribution is -2.44. The Hall–Kier alpha value is -2.42. The maximum absolute atomic E-state index is 5.94. The van der Waals surface area contributed by atoms with Gasteiger partial charge in [0.2, 0.25) is 0 Å². The molecule has 2 saturated heterocycles. The van der Waals surface area contributed by atoms with Gasteiger partial charge in [0.25, 0.3) is 5.88 Å². The summed E-state index contributed by atoms with van der Waals surface area (Å²) in [5.41, 5.74) is 1.29. The van der Waals surface area contributed by atoms with E-state index in [0.29, 0.717) is 19.1 Å². The third kappa shape index (κ3) is 5.81. The number of nitrogens with one attached hydrogen (secondary N) is 1. The van der Waals surface area contributed by atoms with E-state index >= 15 is 0 Å². The quantitative estimate of drug-likeness (QED) is 0.647. The lowest BCUT2D eigenvalue weighted by atomic mass is 10.2. The Morgan fingerprint density at radius 3 is 2.53 bits per heavy atom. The van der Waals surface area contributed by atoms with Crippen LogP contribution in [-0.4, -0.2) is 92.4 Å². The van der Waals surface area contributed by atoms with Crippen molar-refractivity contribution in [3.8, 4) is 11.6 Å². The molecule has 1 N–H and O–H groups in total. The smallest absolute Gasteiger partial charge is 0.257 e. The highest BCUT2D eigenvalue weighted by atomic mass is 16.5. The van der Waals surface area contributed by atoms with Crippen molar-refractivity contribution in [1.82, 2.24) is 25.1 Å². The van der Waals surface area contributed by atoms with Crippen LogP contribution in [0, 0.1) is 0 Å². The average Bonchev–Trinajstić information content (AvgIpc) is 2.79. The largest absolute Gasteiger partial charge is 0.490 e. The van der Waals surface area contributed by atoms with Crippen LogP contribution in [-0.2, 0) is 6.54 Å². The van der Waals surface area contributed by atoms with Crippen LogP contribution in [0.4, 0.5) is 5.82 Å². The lowest BCUT2D eigenvalue weighted by molar-refractivity contribution is 0.148. The Morgan fingerprint density at radius 2 is 1.70 bits per heavy atom. The van der Waals surface area contributed by atoms with Crippen molar-refractivity contribution < 1.29 is 9.47 Å². The van der Waals surface area contributed by atoms with Gasteiger partial charge in [0, 0.05) is 71.3 Å². The molecular formula is C22H32N6O2. The summed E-state index contributed by atoms with van der Waals surface area (Å²) in [7, 11) is 2.18. The molecular weight excluding hydrogens is 380 g/mol. The van der Waals surface area contributed by atoms with Crippen LogP contribution >= 0.6 is 0 Å². The zero-order chi connectivity index (χ0) is 20.6. The van der Waals surface area contributed by atoms with Gasteiger partial charge in [-0.15, -0.1) is 0 Å². The Bertz CT molecular complexity index is 791. The van der Waals surface area contributed by atoms with E-state index < -0.39 is 0 Å². The summed E-state index contributed by atoms with van der Waals surface area (Å²) in [6.07, 6.45) is 3.39. The van der Waals surface area contributed by atoms with Crippen molar-refractivity contribution >= 4 is 5.82 Å². The zero-order valence-corrected chi connectivity index (χ0v) is 17.8. The van der Waals surface area contributed by atoms with Gasteiger partial charge in [-0.3, -0.25) is 4.90 Å². The molecule has 30 heavy (non-hydrogen) atoms. The average molecular weight is 413 g/mol. The van der Waals surface area contributed by atoms with Crippen LogP contribution in [0.3, 0.4) is 0 Å². The number of aromatic nitrogens is 2. The van der Waals surface area contributed by atoms with Crippen molar-refractivity contribution in [2.75, 3.05) is 77.5 Å². The summed E-state index contributed by atoms with van der Waals surface area (Å²) in [4.78, 5) is 15.9. The van der Waals surface area contributed by atoms with Gasteiger partial charge in [0.15, 0.2) is 5.82 Å². The maximum Gasteiger partial charge on any atom is 0.257 e. The van der Waals surface area contributed by atoms with E-state index in [1.165, 1.54) is 5.56 Å². The van der Waals surface area contributed by atoms with Crippen molar-refractivity contribution in [3.63, 3.8) is 0 Å². The molecule has 0 amide bonds. The number of anilines is 1. The first-order valence-corrected chi connectivity index (χ1v) is 10.8. The van der Waals surface area contributed by atoms with Gasteiger partial charge in [0.1, 0.15) is 19.0 Å². The van der Waals surface area contributed by atoms with E-state index in [9.17, 15) is 0 Å². The molecule has 8 heteroatoms. The molecule has 2 aromatic rings. The highest BCUT2D eigenvalue weighted by Crippen LogP contribution is 2.23. The Kier molecular flexibility index (Phi) is 7.34. The summed E-state index contributed by atoms with van der Waals surface area (Å²) in [6.45, 7) is 10.1. The van der Waals surface area contributed by atoms with Crippen LogP contribution in [0.25, 0.3) is 0 Å². The minimum atomic E-state index is 0.431. The summed E-state index contributed by atoms with van der Waals surface area (Å²) in [6, 6.07) is 8.36. The molecule has 1 aromatic heterocycles. The summed E-state index contributed by atoms with van der Waals surface area (Å²) < 4.78 is 11.8. The van der Waals surface area contributed by atoms with E-state index in [1.54, 1.807) is 12.4 Å². The molecule has 2 aliphatic rings. The van der Waals surface area contributed by atoms with Gasteiger partial charge < -0.3 is 24.6 Å². The first-order chi connectivity index (χ1) is 14.8. The molecule has 0 aliphatic carbocycles. The van der Waals surface area contributed by atoms with Crippen molar-refractivity contribution in [3.05, 3.63) is 42.2 Å². The molecule has 2 fully saturated rings. The molecule has 0 radical (unpaired) electrons. The first-order valence-electron chi connectivity index (χ1n) is 10.8.